The van der Waals surface area contributed by atoms with Crippen molar-refractivity contribution in [1.29, 1.82) is 0 Å². The lowest BCUT2D eigenvalue weighted by Gasteiger charge is -2.25. The maximum Gasteiger partial charge on any atom is 0.266 e. The monoisotopic (exact) mass is 420 g/mol. The van der Waals surface area contributed by atoms with Crippen molar-refractivity contribution < 1.29 is 19.1 Å². The molecule has 3 aromatic rings. The van der Waals surface area contributed by atoms with Crippen molar-refractivity contribution in [2.24, 2.45) is 0 Å². The second kappa shape index (κ2) is 8.39. The summed E-state index contributed by atoms with van der Waals surface area (Å²) in [6.07, 6.45) is -1.18. The lowest BCUT2D eigenvalue weighted by molar-refractivity contribution is -0.128. The molecule has 1 aliphatic heterocycles. The van der Waals surface area contributed by atoms with E-state index in [0.717, 1.165) is 0 Å². The van der Waals surface area contributed by atoms with E-state index in [-0.39, 0.29) is 17.8 Å². The van der Waals surface area contributed by atoms with Gasteiger partial charge in [-0.05, 0) is 30.3 Å². The lowest BCUT2D eigenvalue weighted by atomic mass is 10.0. The quantitative estimate of drug-likeness (QED) is 0.603. The number of halogens is 1. The first-order valence-corrected chi connectivity index (χ1v) is 9.65. The van der Waals surface area contributed by atoms with Gasteiger partial charge in [-0.1, -0.05) is 54.1 Å². The molecule has 2 amide bonds. The van der Waals surface area contributed by atoms with Gasteiger partial charge in [0.2, 0.25) is 5.91 Å². The second-order valence-electron chi connectivity index (χ2n) is 6.73. The van der Waals surface area contributed by atoms with Gasteiger partial charge < -0.3 is 15.4 Å². The molecule has 1 unspecified atom stereocenters. The highest BCUT2D eigenvalue weighted by Crippen LogP contribution is 2.30. The first-order chi connectivity index (χ1) is 14.5. The molecule has 1 aliphatic rings. The fraction of sp³-hybridized carbons (Fsp3) is 0.0870. The van der Waals surface area contributed by atoms with Gasteiger partial charge in [-0.15, -0.1) is 0 Å². The Bertz CT molecular complexity index is 1130. The molecule has 3 aromatic carbocycles. The van der Waals surface area contributed by atoms with Gasteiger partial charge in [-0.25, -0.2) is 0 Å². The number of hydrogen-bond donors (Lipinski definition) is 2. The van der Waals surface area contributed by atoms with Crippen LogP contribution in [0.25, 0.3) is 0 Å². The molecule has 0 radical (unpaired) electrons. The fourth-order valence-electron chi connectivity index (χ4n) is 3.16. The Morgan fingerprint density at radius 3 is 2.53 bits per heavy atom. The summed E-state index contributed by atoms with van der Waals surface area (Å²) in [4.78, 5) is 37.8. The summed E-state index contributed by atoms with van der Waals surface area (Å²) in [5.74, 6) is -0.630. The zero-order chi connectivity index (χ0) is 21.1. The largest absolute Gasteiger partial charge is 0.478 e. The van der Waals surface area contributed by atoms with Crippen molar-refractivity contribution in [1.82, 2.24) is 0 Å². The van der Waals surface area contributed by atoms with Crippen molar-refractivity contribution in [3.05, 3.63) is 88.9 Å². The number of amides is 2. The average Bonchev–Trinajstić information content (AvgIpc) is 2.75. The van der Waals surface area contributed by atoms with Crippen LogP contribution < -0.4 is 15.4 Å². The van der Waals surface area contributed by atoms with E-state index in [9.17, 15) is 14.4 Å². The van der Waals surface area contributed by atoms with Gasteiger partial charge in [0, 0.05) is 16.1 Å². The molecular weight excluding hydrogens is 404 g/mol. The Hall–Kier alpha value is -3.64. The highest BCUT2D eigenvalue weighted by molar-refractivity contribution is 6.31. The predicted molar refractivity (Wildman–Crippen MR) is 114 cm³/mol. The lowest BCUT2D eigenvalue weighted by Crippen LogP contribution is -2.39. The smallest absolute Gasteiger partial charge is 0.266 e. The summed E-state index contributed by atoms with van der Waals surface area (Å²) in [5.41, 5.74) is 1.62. The van der Waals surface area contributed by atoms with Gasteiger partial charge in [0.1, 0.15) is 5.75 Å². The number of anilines is 2. The molecule has 0 saturated heterocycles. The number of rotatable bonds is 5. The number of para-hydroxylation sites is 2. The molecule has 0 saturated carbocycles. The van der Waals surface area contributed by atoms with E-state index in [1.165, 1.54) is 6.07 Å². The number of hydrogen-bond acceptors (Lipinski definition) is 4. The van der Waals surface area contributed by atoms with Crippen LogP contribution in [0.4, 0.5) is 11.4 Å². The van der Waals surface area contributed by atoms with Crippen molar-refractivity contribution in [2.75, 3.05) is 10.6 Å². The maximum atomic E-state index is 12.9. The molecule has 150 valence electrons. The van der Waals surface area contributed by atoms with Crippen molar-refractivity contribution >= 4 is 40.6 Å². The molecule has 7 heteroatoms. The third kappa shape index (κ3) is 4.18. The minimum atomic E-state index is -0.972. The molecule has 1 heterocycles. The van der Waals surface area contributed by atoms with E-state index in [1.54, 1.807) is 60.7 Å². The SMILES string of the molecule is O=C(CC1Oc2ccccc2NC1=O)Nc1ccc(Cl)cc1C(=O)c1ccccc1. The molecule has 0 fully saturated rings. The second-order valence-corrected chi connectivity index (χ2v) is 7.17. The van der Waals surface area contributed by atoms with Crippen LogP contribution in [-0.4, -0.2) is 23.7 Å². The van der Waals surface area contributed by atoms with Gasteiger partial charge >= 0.3 is 0 Å². The summed E-state index contributed by atoms with van der Waals surface area (Å²) in [6, 6.07) is 20.3. The van der Waals surface area contributed by atoms with E-state index in [4.69, 9.17) is 16.3 Å². The van der Waals surface area contributed by atoms with E-state index >= 15 is 0 Å². The van der Waals surface area contributed by atoms with E-state index < -0.39 is 17.9 Å². The first kappa shape index (κ1) is 19.7. The predicted octanol–water partition coefficient (Wildman–Crippen LogP) is 4.30. The highest BCUT2D eigenvalue weighted by atomic mass is 35.5. The van der Waals surface area contributed by atoms with Crippen LogP contribution in [0.2, 0.25) is 5.02 Å². The van der Waals surface area contributed by atoms with Crippen molar-refractivity contribution in [2.45, 2.75) is 12.5 Å². The van der Waals surface area contributed by atoms with Crippen LogP contribution in [0, 0.1) is 0 Å². The van der Waals surface area contributed by atoms with Crippen LogP contribution in [0.15, 0.2) is 72.8 Å². The molecule has 30 heavy (non-hydrogen) atoms. The zero-order valence-corrected chi connectivity index (χ0v) is 16.5. The van der Waals surface area contributed by atoms with Crippen molar-refractivity contribution in [3.8, 4) is 5.75 Å². The average molecular weight is 421 g/mol. The molecule has 0 bridgehead atoms. The third-order valence-corrected chi connectivity index (χ3v) is 4.85. The Morgan fingerprint density at radius 1 is 1.00 bits per heavy atom. The van der Waals surface area contributed by atoms with E-state index in [0.29, 0.717) is 27.7 Å². The Morgan fingerprint density at radius 2 is 1.73 bits per heavy atom. The van der Waals surface area contributed by atoms with Crippen LogP contribution in [0.5, 0.6) is 5.75 Å². The summed E-state index contributed by atoms with van der Waals surface area (Å²) >= 11 is 6.07. The Labute approximate surface area is 177 Å². The Kier molecular flexibility index (Phi) is 5.50. The van der Waals surface area contributed by atoms with E-state index in [2.05, 4.69) is 10.6 Å². The standard InChI is InChI=1S/C23H17ClN2O4/c24-15-10-11-17(16(12-15)22(28)14-6-2-1-3-7-14)25-21(27)13-20-23(29)26-18-8-4-5-9-19(18)30-20/h1-12,20H,13H2,(H,25,27)(H,26,29). The number of carbonyl (C=O) groups is 3. The Balaban J connectivity index is 1.51. The minimum Gasteiger partial charge on any atom is -0.478 e. The highest BCUT2D eigenvalue weighted by Gasteiger charge is 2.30. The summed E-state index contributed by atoms with van der Waals surface area (Å²) in [7, 11) is 0. The van der Waals surface area contributed by atoms with Crippen LogP contribution in [-0.2, 0) is 9.59 Å². The van der Waals surface area contributed by atoms with Gasteiger partial charge in [-0.3, -0.25) is 14.4 Å². The normalized spacial score (nSPS) is 14.8. The van der Waals surface area contributed by atoms with Gasteiger partial charge in [0.25, 0.3) is 5.91 Å². The van der Waals surface area contributed by atoms with Crippen LogP contribution >= 0.6 is 11.6 Å². The third-order valence-electron chi connectivity index (χ3n) is 4.61. The number of ether oxygens (including phenoxy) is 1. The van der Waals surface area contributed by atoms with Gasteiger partial charge in [-0.2, -0.15) is 0 Å². The van der Waals surface area contributed by atoms with Gasteiger partial charge in [0.05, 0.1) is 17.8 Å². The van der Waals surface area contributed by atoms with Crippen LogP contribution in [0.1, 0.15) is 22.3 Å². The molecule has 0 aromatic heterocycles. The number of fused-ring (bicyclic) bond motifs is 1. The number of nitrogens with one attached hydrogen (secondary N) is 2. The molecule has 6 nitrogen and oxygen atoms in total. The van der Waals surface area contributed by atoms with E-state index in [1.807, 2.05) is 6.07 Å². The number of ketones is 1. The zero-order valence-electron chi connectivity index (χ0n) is 15.7. The maximum absolute atomic E-state index is 12.9. The summed E-state index contributed by atoms with van der Waals surface area (Å²) in [6.45, 7) is 0. The molecule has 4 rings (SSSR count). The number of carbonyl (C=O) groups excluding carboxylic acids is 3. The first-order valence-electron chi connectivity index (χ1n) is 9.27. The molecule has 2 N–H and O–H groups in total. The summed E-state index contributed by atoms with van der Waals surface area (Å²) in [5, 5.41) is 5.80. The fourth-order valence-corrected chi connectivity index (χ4v) is 3.33. The minimum absolute atomic E-state index is 0.207. The molecule has 0 aliphatic carbocycles. The summed E-state index contributed by atoms with van der Waals surface area (Å²) < 4.78 is 5.66. The molecular formula is C23H17ClN2O4. The topological polar surface area (TPSA) is 84.5 Å². The number of benzene rings is 3. The molecule has 1 atom stereocenters. The van der Waals surface area contributed by atoms with Crippen LogP contribution in [0.3, 0.4) is 0 Å². The molecule has 0 spiro atoms. The van der Waals surface area contributed by atoms with Gasteiger partial charge in [0.15, 0.2) is 11.9 Å². The van der Waals surface area contributed by atoms with Crippen molar-refractivity contribution in [3.63, 3.8) is 0 Å².